The molecular weight excluding hydrogens is 1030 g/mol. The molecule has 15 heteroatoms. The summed E-state index contributed by atoms with van der Waals surface area (Å²) in [5.41, 5.74) is 35.8. The van der Waals surface area contributed by atoms with Crippen molar-refractivity contribution >= 4 is 52.4 Å². The Balaban J connectivity index is 1.58. The number of nitrogens with one attached hydrogen (secondary N) is 1. The number of nitrogens with two attached hydrogens (primary N) is 5. The van der Waals surface area contributed by atoms with E-state index in [0.717, 1.165) is 5.56 Å². The van der Waals surface area contributed by atoms with Crippen molar-refractivity contribution in [3.8, 4) is 0 Å². The van der Waals surface area contributed by atoms with Crippen LogP contribution in [0.2, 0.25) is 0 Å². The molecular formula is C63H58N6O6S3. The van der Waals surface area contributed by atoms with Gasteiger partial charge in [-0.15, -0.1) is 0 Å². The third-order valence-electron chi connectivity index (χ3n) is 16.4. The average Bonchev–Trinajstić information content (AvgIpc) is 2.11. The summed E-state index contributed by atoms with van der Waals surface area (Å²) in [4.78, 5) is -4.34. The monoisotopic (exact) mass is 1090 g/mol. The van der Waals surface area contributed by atoms with Gasteiger partial charge in [-0.1, -0.05) is 200 Å². The molecule has 0 amide bonds. The van der Waals surface area contributed by atoms with E-state index >= 15 is 25.3 Å². The molecule has 78 heavy (non-hydrogen) atoms. The van der Waals surface area contributed by atoms with Crippen LogP contribution in [0.25, 0.3) is 0 Å². The van der Waals surface area contributed by atoms with E-state index in [2.05, 4.69) is 4.72 Å². The number of nitrogen functional groups attached to an aromatic ring is 3. The number of sulfone groups is 2. The average molecular weight is 1090 g/mol. The van der Waals surface area contributed by atoms with E-state index in [1.54, 1.807) is 153 Å². The van der Waals surface area contributed by atoms with Gasteiger partial charge >= 0.3 is 0 Å². The minimum atomic E-state index is -5.64. The Kier molecular flexibility index (Phi) is 12.4. The molecule has 0 saturated carbocycles. The second kappa shape index (κ2) is 18.6. The molecule has 0 spiro atoms. The van der Waals surface area contributed by atoms with Crippen molar-refractivity contribution in [3.63, 3.8) is 0 Å². The van der Waals surface area contributed by atoms with Gasteiger partial charge in [0.2, 0.25) is 9.84 Å². The topological polar surface area (TPSA) is 245 Å². The zero-order chi connectivity index (χ0) is 55.2. The fourth-order valence-corrected chi connectivity index (χ4v) is 19.8. The van der Waals surface area contributed by atoms with Crippen LogP contribution in [-0.2, 0) is 50.3 Å². The van der Waals surface area contributed by atoms with Crippen LogP contribution in [0.4, 0.5) is 22.7 Å². The Labute approximate surface area is 455 Å². The molecule has 12 nitrogen and oxygen atoms in total. The lowest BCUT2D eigenvalue weighted by Gasteiger charge is -2.68. The highest BCUT2D eigenvalue weighted by Crippen LogP contribution is 2.76. The van der Waals surface area contributed by atoms with Crippen molar-refractivity contribution in [2.45, 2.75) is 67.9 Å². The summed E-state index contributed by atoms with van der Waals surface area (Å²) >= 11 is 0. The van der Waals surface area contributed by atoms with Crippen LogP contribution in [0.1, 0.15) is 73.0 Å². The van der Waals surface area contributed by atoms with Crippen molar-refractivity contribution in [1.29, 1.82) is 0 Å². The predicted molar refractivity (Wildman–Crippen MR) is 309 cm³/mol. The summed E-state index contributed by atoms with van der Waals surface area (Å²) in [6, 6.07) is 61.7. The van der Waals surface area contributed by atoms with Crippen LogP contribution >= 0.6 is 0 Å². The Bertz CT molecular complexity index is 4150. The molecule has 9 aromatic rings. The lowest BCUT2D eigenvalue weighted by atomic mass is 9.42. The van der Waals surface area contributed by atoms with Gasteiger partial charge in [-0.25, -0.2) is 25.3 Å². The van der Waals surface area contributed by atoms with Gasteiger partial charge in [0.15, 0.2) is 14.7 Å². The molecule has 0 aromatic heterocycles. The van der Waals surface area contributed by atoms with Crippen molar-refractivity contribution in [2.75, 3.05) is 21.9 Å². The van der Waals surface area contributed by atoms with Crippen LogP contribution < -0.4 is 33.4 Å². The summed E-state index contributed by atoms with van der Waals surface area (Å²) in [6.07, 6.45) is 0. The molecule has 11 N–H and O–H groups in total. The first-order valence-corrected chi connectivity index (χ1v) is 29.8. The number of hydrogen-bond donors (Lipinski definition) is 6. The molecule has 9 aromatic carbocycles. The maximum absolute atomic E-state index is 18.8. The summed E-state index contributed by atoms with van der Waals surface area (Å²) in [6.45, 7) is 5.22. The summed E-state index contributed by atoms with van der Waals surface area (Å²) < 4.78 is 103. The van der Waals surface area contributed by atoms with E-state index in [4.69, 9.17) is 28.7 Å². The SMILES string of the molecule is Cc1ccc(S(=O)(=O)Nc2c3c(C)cc(N)c2S(=O)(=O)C2(c4ccccc4)c4c(C)cc(N)c(c4N)S(=O)(=O)[C@@](N)(c4ccccc4)[C@](N)(c4ccccc4)C2(c2ccccc2)C(c2ccccc2)C3c2ccccc2)cc1. The van der Waals surface area contributed by atoms with Gasteiger partial charge in [0.1, 0.15) is 14.5 Å². The number of sulfonamides is 1. The molecule has 0 fully saturated rings. The smallest absolute Gasteiger partial charge is 0.261 e. The molecule has 0 saturated heterocycles. The van der Waals surface area contributed by atoms with Crippen molar-refractivity contribution in [2.24, 2.45) is 11.5 Å². The van der Waals surface area contributed by atoms with E-state index < -0.39 is 77.6 Å². The standard InChI is InChI=1S/C63H58N6O6S3/c1-40-34-36-49(37-35-40)78(74,75)69-57-52-41(2)38-51(65)59(57)76(70,71)61(46-28-16-7-17-29-46)54-42(3)39-50(64)58(56(54)66)77(72,73)63(68,48-32-20-9-21-33-48)62(67,47-30-18-8-19-31-47)60(61,45-26-14-6-15-27-45)55(44-24-12-5-13-25-44)53(52)43-22-10-4-11-23-43/h4-39,53,55,69H,64-68H2,1-3H3/t53?,55?,60?,61?,62-,63-/m0/s1. The maximum atomic E-state index is 18.8. The molecule has 4 unspecified atom stereocenters. The normalized spacial score (nSPS) is 24.1. The number of anilines is 4. The number of benzene rings is 9. The Morgan fingerprint density at radius 1 is 0.487 bits per heavy atom. The summed E-state index contributed by atoms with van der Waals surface area (Å²) in [5.74, 6) is -2.62. The van der Waals surface area contributed by atoms with E-state index in [1.807, 2.05) is 67.6 Å². The van der Waals surface area contributed by atoms with Crippen molar-refractivity contribution in [3.05, 3.63) is 280 Å². The maximum Gasteiger partial charge on any atom is 0.261 e. The van der Waals surface area contributed by atoms with Gasteiger partial charge in [-0.05, 0) is 95.1 Å². The van der Waals surface area contributed by atoms with Gasteiger partial charge in [0, 0.05) is 17.4 Å². The fourth-order valence-electron chi connectivity index (χ4n) is 13.5. The van der Waals surface area contributed by atoms with Crippen LogP contribution in [0.15, 0.2) is 233 Å². The van der Waals surface area contributed by atoms with Gasteiger partial charge in [0.25, 0.3) is 10.0 Å². The summed E-state index contributed by atoms with van der Waals surface area (Å²) in [5, 5.41) is 0. The Morgan fingerprint density at radius 3 is 1.45 bits per heavy atom. The first kappa shape index (κ1) is 52.0. The molecule has 0 radical (unpaired) electrons. The number of hydrogen-bond acceptors (Lipinski definition) is 11. The molecule has 2 heterocycles. The third kappa shape index (κ3) is 6.91. The third-order valence-corrected chi connectivity index (χ3v) is 22.7. The van der Waals surface area contributed by atoms with Crippen LogP contribution in [0.3, 0.4) is 0 Å². The second-order valence-electron chi connectivity index (χ2n) is 20.5. The lowest BCUT2D eigenvalue weighted by molar-refractivity contribution is 0.0746. The zero-order valence-electron chi connectivity index (χ0n) is 43.0. The quantitative estimate of drug-likeness (QED) is 0.0743. The largest absolute Gasteiger partial charge is 0.398 e. The highest BCUT2D eigenvalue weighted by Gasteiger charge is 2.82. The van der Waals surface area contributed by atoms with Gasteiger partial charge in [0.05, 0.1) is 38.6 Å². The van der Waals surface area contributed by atoms with Crippen LogP contribution in [-0.4, -0.2) is 25.3 Å². The highest BCUT2D eigenvalue weighted by atomic mass is 32.2. The number of aryl methyl sites for hydroxylation is 3. The molecule has 2 aliphatic rings. The van der Waals surface area contributed by atoms with E-state index in [1.165, 1.54) is 18.2 Å². The molecule has 394 valence electrons. The van der Waals surface area contributed by atoms with Crippen molar-refractivity contribution in [1.82, 2.24) is 0 Å². The minimum absolute atomic E-state index is 0.0141. The molecule has 2 aliphatic heterocycles. The van der Waals surface area contributed by atoms with E-state index in [9.17, 15) is 0 Å². The van der Waals surface area contributed by atoms with Gasteiger partial charge in [-0.2, -0.15) is 0 Å². The molecule has 11 rings (SSSR count). The van der Waals surface area contributed by atoms with Crippen LogP contribution in [0.5, 0.6) is 0 Å². The first-order chi connectivity index (χ1) is 37.2. The first-order valence-electron chi connectivity index (χ1n) is 25.3. The number of rotatable bonds is 9. The van der Waals surface area contributed by atoms with E-state index in [0.29, 0.717) is 16.7 Å². The van der Waals surface area contributed by atoms with Crippen molar-refractivity contribution < 1.29 is 25.3 Å². The highest BCUT2D eigenvalue weighted by molar-refractivity contribution is 7.94. The van der Waals surface area contributed by atoms with Gasteiger partial charge in [-0.3, -0.25) is 4.72 Å². The minimum Gasteiger partial charge on any atom is -0.398 e. The molecule has 0 aliphatic carbocycles. The van der Waals surface area contributed by atoms with Gasteiger partial charge < -0.3 is 28.7 Å². The zero-order valence-corrected chi connectivity index (χ0v) is 45.4. The Hall–Kier alpha value is -8.05. The second-order valence-corrected chi connectivity index (χ2v) is 26.3. The van der Waals surface area contributed by atoms with E-state index in [-0.39, 0.29) is 60.9 Å². The lowest BCUT2D eigenvalue weighted by Crippen LogP contribution is -2.81. The Morgan fingerprint density at radius 2 is 0.923 bits per heavy atom. The van der Waals surface area contributed by atoms with Crippen LogP contribution in [0, 0.1) is 20.8 Å². The number of fused-ring (bicyclic) bond motifs is 6. The fraction of sp³-hybridized carbons (Fsp3) is 0.143. The molecule has 6 atom stereocenters. The predicted octanol–water partition coefficient (Wildman–Crippen LogP) is 10.2. The molecule has 4 bridgehead atoms. The summed E-state index contributed by atoms with van der Waals surface area (Å²) in [7, 11) is -15.6.